The van der Waals surface area contributed by atoms with Gasteiger partial charge in [-0.15, -0.1) is 0 Å². The van der Waals surface area contributed by atoms with E-state index in [0.29, 0.717) is 11.3 Å². The minimum atomic E-state index is -0.942. The molecule has 0 fully saturated rings. The summed E-state index contributed by atoms with van der Waals surface area (Å²) in [6.07, 6.45) is 0. The summed E-state index contributed by atoms with van der Waals surface area (Å²) < 4.78 is 5.17. The molecule has 0 saturated heterocycles. The molecule has 0 amide bonds. The summed E-state index contributed by atoms with van der Waals surface area (Å²) in [6.45, 7) is 3.87. The zero-order chi connectivity index (χ0) is 15.3. The molecule has 0 aromatic heterocycles. The van der Waals surface area contributed by atoms with Gasteiger partial charge in [0.25, 0.3) is 5.69 Å². The van der Waals surface area contributed by atoms with Crippen LogP contribution in [0.15, 0.2) is 18.2 Å². The zero-order valence-corrected chi connectivity index (χ0v) is 11.7. The Bertz CT molecular complexity index is 502. The van der Waals surface area contributed by atoms with Crippen LogP contribution in [-0.4, -0.2) is 40.6 Å². The number of methoxy groups -OCH3 is 1. The highest BCUT2D eigenvalue weighted by Crippen LogP contribution is 2.25. The van der Waals surface area contributed by atoms with Gasteiger partial charge in [0.05, 0.1) is 18.6 Å². The van der Waals surface area contributed by atoms with Crippen molar-refractivity contribution in [3.8, 4) is 5.75 Å². The van der Waals surface area contributed by atoms with Crippen LogP contribution in [0, 0.1) is 10.1 Å². The van der Waals surface area contributed by atoms with Gasteiger partial charge in [-0.2, -0.15) is 0 Å². The maximum atomic E-state index is 10.9. The van der Waals surface area contributed by atoms with Crippen LogP contribution >= 0.6 is 0 Å². The van der Waals surface area contributed by atoms with Gasteiger partial charge in [0.2, 0.25) is 0 Å². The lowest BCUT2D eigenvalue weighted by atomic mass is 10.1. The lowest BCUT2D eigenvalue weighted by Crippen LogP contribution is -2.35. The van der Waals surface area contributed by atoms with E-state index < -0.39 is 10.9 Å². The third-order valence-electron chi connectivity index (χ3n) is 2.92. The van der Waals surface area contributed by atoms with Crippen LogP contribution in [0.5, 0.6) is 5.75 Å². The van der Waals surface area contributed by atoms with Gasteiger partial charge in [-0.05, 0) is 19.9 Å². The normalized spacial score (nSPS) is 10.8. The molecule has 0 aliphatic carbocycles. The van der Waals surface area contributed by atoms with Gasteiger partial charge in [-0.3, -0.25) is 19.8 Å². The summed E-state index contributed by atoms with van der Waals surface area (Å²) in [4.78, 5) is 22.9. The number of nitro groups is 1. The fourth-order valence-corrected chi connectivity index (χ4v) is 1.82. The molecule has 1 N–H and O–H groups in total. The molecule has 0 spiro atoms. The van der Waals surface area contributed by atoms with Crippen LogP contribution in [0.4, 0.5) is 5.69 Å². The van der Waals surface area contributed by atoms with Crippen LogP contribution < -0.4 is 4.74 Å². The molecule has 0 aliphatic heterocycles. The minimum Gasteiger partial charge on any atom is -0.496 e. The second-order valence-corrected chi connectivity index (χ2v) is 4.65. The molecular weight excluding hydrogens is 264 g/mol. The first-order chi connectivity index (χ1) is 9.35. The highest BCUT2D eigenvalue weighted by atomic mass is 16.6. The van der Waals surface area contributed by atoms with E-state index in [4.69, 9.17) is 9.84 Å². The number of nitrogens with zero attached hydrogens (tertiary/aromatic N) is 2. The molecule has 1 aromatic rings. The molecule has 1 aromatic carbocycles. The topological polar surface area (TPSA) is 92.9 Å². The largest absolute Gasteiger partial charge is 0.496 e. The van der Waals surface area contributed by atoms with Crippen molar-refractivity contribution in [2.45, 2.75) is 26.4 Å². The Hall–Kier alpha value is -2.15. The first-order valence-corrected chi connectivity index (χ1v) is 6.12. The Labute approximate surface area is 116 Å². The van der Waals surface area contributed by atoms with Crippen molar-refractivity contribution < 1.29 is 19.6 Å². The molecule has 0 bridgehead atoms. The zero-order valence-electron chi connectivity index (χ0n) is 11.7. The standard InChI is InChI=1S/C13H18N2O5/c1-9(2)14(8-13(16)17)7-10-6-11(15(18)19)4-5-12(10)20-3/h4-6,9H,7-8H2,1-3H3,(H,16,17). The molecule has 7 heteroatoms. The number of ether oxygens (including phenoxy) is 1. The minimum absolute atomic E-state index is 0.00457. The molecule has 7 nitrogen and oxygen atoms in total. The van der Waals surface area contributed by atoms with Crippen molar-refractivity contribution in [1.29, 1.82) is 0 Å². The number of carbonyl (C=O) groups is 1. The number of hydrogen-bond acceptors (Lipinski definition) is 5. The van der Waals surface area contributed by atoms with Crippen molar-refractivity contribution in [3.63, 3.8) is 0 Å². The lowest BCUT2D eigenvalue weighted by Gasteiger charge is -2.25. The number of carboxylic acids is 1. The van der Waals surface area contributed by atoms with E-state index in [1.165, 1.54) is 25.3 Å². The third kappa shape index (κ3) is 4.20. The van der Waals surface area contributed by atoms with Gasteiger partial charge in [0.15, 0.2) is 0 Å². The first kappa shape index (κ1) is 15.9. The predicted molar refractivity (Wildman–Crippen MR) is 72.8 cm³/mol. The second-order valence-electron chi connectivity index (χ2n) is 4.65. The van der Waals surface area contributed by atoms with E-state index in [0.717, 1.165) is 0 Å². The molecule has 0 atom stereocenters. The van der Waals surface area contributed by atoms with Crippen LogP contribution in [-0.2, 0) is 11.3 Å². The maximum Gasteiger partial charge on any atom is 0.317 e. The molecule has 0 radical (unpaired) electrons. The van der Waals surface area contributed by atoms with Crippen molar-refractivity contribution in [2.75, 3.05) is 13.7 Å². The van der Waals surface area contributed by atoms with E-state index in [1.54, 1.807) is 4.90 Å². The molecule has 20 heavy (non-hydrogen) atoms. The predicted octanol–water partition coefficient (Wildman–Crippen LogP) is 1.90. The average Bonchev–Trinajstić information content (AvgIpc) is 2.37. The Morgan fingerprint density at radius 1 is 1.50 bits per heavy atom. The number of hydrogen-bond donors (Lipinski definition) is 1. The van der Waals surface area contributed by atoms with Crippen molar-refractivity contribution in [1.82, 2.24) is 4.90 Å². The van der Waals surface area contributed by atoms with E-state index >= 15 is 0 Å². The monoisotopic (exact) mass is 282 g/mol. The molecule has 110 valence electrons. The van der Waals surface area contributed by atoms with Crippen LogP contribution in [0.3, 0.4) is 0 Å². The number of benzene rings is 1. The Kier molecular flexibility index (Phi) is 5.45. The first-order valence-electron chi connectivity index (χ1n) is 6.12. The molecule has 0 aliphatic rings. The third-order valence-corrected chi connectivity index (χ3v) is 2.92. The van der Waals surface area contributed by atoms with Gasteiger partial charge in [0.1, 0.15) is 5.75 Å². The number of rotatable bonds is 7. The van der Waals surface area contributed by atoms with Crippen molar-refractivity contribution in [3.05, 3.63) is 33.9 Å². The average molecular weight is 282 g/mol. The Morgan fingerprint density at radius 3 is 2.60 bits per heavy atom. The maximum absolute atomic E-state index is 10.9. The van der Waals surface area contributed by atoms with Crippen LogP contribution in [0.25, 0.3) is 0 Å². The number of non-ortho nitro benzene ring substituents is 1. The van der Waals surface area contributed by atoms with Gasteiger partial charge >= 0.3 is 5.97 Å². The fraction of sp³-hybridized carbons (Fsp3) is 0.462. The SMILES string of the molecule is COc1ccc([N+](=O)[O-])cc1CN(CC(=O)O)C(C)C. The molecule has 0 saturated carbocycles. The summed E-state index contributed by atoms with van der Waals surface area (Å²) in [5.74, 6) is -0.435. The summed E-state index contributed by atoms with van der Waals surface area (Å²) in [5.41, 5.74) is 0.552. The molecule has 1 rings (SSSR count). The number of nitro benzene ring substituents is 1. The van der Waals surface area contributed by atoms with Crippen LogP contribution in [0.2, 0.25) is 0 Å². The van der Waals surface area contributed by atoms with Crippen molar-refractivity contribution >= 4 is 11.7 Å². The smallest absolute Gasteiger partial charge is 0.317 e. The van der Waals surface area contributed by atoms with E-state index in [2.05, 4.69) is 0 Å². The molecular formula is C13H18N2O5. The van der Waals surface area contributed by atoms with E-state index in [1.807, 2.05) is 13.8 Å². The Morgan fingerprint density at radius 2 is 2.15 bits per heavy atom. The summed E-state index contributed by atoms with van der Waals surface area (Å²) in [6, 6.07) is 4.29. The Balaban J connectivity index is 3.05. The van der Waals surface area contributed by atoms with Crippen LogP contribution in [0.1, 0.15) is 19.4 Å². The number of carboxylic acid groups (broad SMARTS) is 1. The molecule has 0 unspecified atom stereocenters. The van der Waals surface area contributed by atoms with Crippen molar-refractivity contribution in [2.24, 2.45) is 0 Å². The quantitative estimate of drug-likeness (QED) is 0.606. The summed E-state index contributed by atoms with van der Waals surface area (Å²) in [7, 11) is 1.47. The van der Waals surface area contributed by atoms with Gasteiger partial charge in [-0.1, -0.05) is 0 Å². The fourth-order valence-electron chi connectivity index (χ4n) is 1.82. The highest BCUT2D eigenvalue weighted by molar-refractivity contribution is 5.69. The van der Waals surface area contributed by atoms with Gasteiger partial charge in [-0.25, -0.2) is 0 Å². The van der Waals surface area contributed by atoms with E-state index in [-0.39, 0.29) is 24.8 Å². The van der Waals surface area contributed by atoms with Gasteiger partial charge < -0.3 is 9.84 Å². The van der Waals surface area contributed by atoms with E-state index in [9.17, 15) is 14.9 Å². The molecule has 0 heterocycles. The lowest BCUT2D eigenvalue weighted by molar-refractivity contribution is -0.385. The highest BCUT2D eigenvalue weighted by Gasteiger charge is 2.18. The second kappa shape index (κ2) is 6.85. The summed E-state index contributed by atoms with van der Waals surface area (Å²) >= 11 is 0. The summed E-state index contributed by atoms with van der Waals surface area (Å²) in [5, 5.41) is 19.7. The number of aliphatic carboxylic acids is 1. The van der Waals surface area contributed by atoms with Gasteiger partial charge in [0, 0.05) is 30.3 Å².